The average molecular weight is 437 g/mol. The maximum atomic E-state index is 12.1. The summed E-state index contributed by atoms with van der Waals surface area (Å²) in [5, 5.41) is 4.00. The van der Waals surface area contributed by atoms with Crippen LogP contribution in [0.15, 0.2) is 59.7 Å². The molecule has 0 fully saturated rings. The van der Waals surface area contributed by atoms with Crippen LogP contribution in [0.5, 0.6) is 11.5 Å². The zero-order chi connectivity index (χ0) is 23.0. The molecule has 2 aromatic carbocycles. The summed E-state index contributed by atoms with van der Waals surface area (Å²) in [6.45, 7) is 2.19. The van der Waals surface area contributed by atoms with E-state index in [4.69, 9.17) is 9.47 Å². The van der Waals surface area contributed by atoms with Crippen LogP contribution in [0.25, 0.3) is 6.08 Å². The molecule has 0 aliphatic carbocycles. The van der Waals surface area contributed by atoms with Crippen molar-refractivity contribution in [3.05, 3.63) is 65.7 Å². The van der Waals surface area contributed by atoms with Gasteiger partial charge in [-0.1, -0.05) is 69.4 Å². The van der Waals surface area contributed by atoms with Gasteiger partial charge in [0.2, 0.25) is 5.91 Å². The third-order valence-electron chi connectivity index (χ3n) is 4.77. The number of unbranched alkanes of at least 4 members (excludes halogenated alkanes) is 5. The Hall–Kier alpha value is -3.41. The topological polar surface area (TPSA) is 77.0 Å². The summed E-state index contributed by atoms with van der Waals surface area (Å²) in [5.41, 5.74) is 4.16. The van der Waals surface area contributed by atoms with Gasteiger partial charge in [0.25, 0.3) is 0 Å². The summed E-state index contributed by atoms with van der Waals surface area (Å²) < 4.78 is 10.7. The lowest BCUT2D eigenvalue weighted by molar-refractivity contribution is -0.129. The van der Waals surface area contributed by atoms with Crippen molar-refractivity contribution >= 4 is 24.2 Å². The highest BCUT2D eigenvalue weighted by Gasteiger charge is 2.09. The highest BCUT2D eigenvalue weighted by Crippen LogP contribution is 2.27. The third-order valence-corrected chi connectivity index (χ3v) is 4.77. The average Bonchev–Trinajstić information content (AvgIpc) is 2.81. The molecule has 2 aromatic rings. The first-order chi connectivity index (χ1) is 15.6. The van der Waals surface area contributed by atoms with Crippen LogP contribution in [0.3, 0.4) is 0 Å². The number of rotatable bonds is 13. The van der Waals surface area contributed by atoms with Gasteiger partial charge < -0.3 is 9.47 Å². The van der Waals surface area contributed by atoms with Gasteiger partial charge in [0.05, 0.1) is 13.3 Å². The van der Waals surface area contributed by atoms with E-state index in [9.17, 15) is 9.59 Å². The largest absolute Gasteiger partial charge is 0.493 e. The van der Waals surface area contributed by atoms with Crippen molar-refractivity contribution in [2.45, 2.75) is 51.9 Å². The summed E-state index contributed by atoms with van der Waals surface area (Å²) in [4.78, 5) is 24.0. The molecule has 0 unspecified atom stereocenters. The number of hydrogen-bond acceptors (Lipinski definition) is 5. The monoisotopic (exact) mass is 436 g/mol. The Kier molecular flexibility index (Phi) is 11.3. The number of carbonyl (C=O) groups is 2. The van der Waals surface area contributed by atoms with E-state index in [1.54, 1.807) is 24.3 Å². The van der Waals surface area contributed by atoms with Crippen LogP contribution >= 0.6 is 0 Å². The molecule has 0 aromatic heterocycles. The first kappa shape index (κ1) is 24.9. The molecule has 0 saturated heterocycles. The highest BCUT2D eigenvalue weighted by atomic mass is 16.6. The van der Waals surface area contributed by atoms with Gasteiger partial charge in [0.15, 0.2) is 11.5 Å². The van der Waals surface area contributed by atoms with Gasteiger partial charge in [-0.3, -0.25) is 4.79 Å². The van der Waals surface area contributed by atoms with E-state index in [1.807, 2.05) is 30.3 Å². The fourth-order valence-corrected chi connectivity index (χ4v) is 3.02. The lowest BCUT2D eigenvalue weighted by Gasteiger charge is -2.08. The van der Waals surface area contributed by atoms with Crippen molar-refractivity contribution in [2.75, 3.05) is 7.11 Å². The fourth-order valence-electron chi connectivity index (χ4n) is 3.02. The Bertz CT molecular complexity index is 907. The molecule has 0 saturated carbocycles. The molecule has 0 atom stereocenters. The van der Waals surface area contributed by atoms with Gasteiger partial charge in [-0.05, 0) is 41.8 Å². The molecule has 0 aliphatic rings. The van der Waals surface area contributed by atoms with Crippen molar-refractivity contribution in [3.63, 3.8) is 0 Å². The Balaban J connectivity index is 1.82. The number of hydrogen-bond donors (Lipinski definition) is 1. The second kappa shape index (κ2) is 14.6. The minimum Gasteiger partial charge on any atom is -0.493 e. The van der Waals surface area contributed by atoms with Gasteiger partial charge in [-0.2, -0.15) is 5.10 Å². The Morgan fingerprint density at radius 2 is 1.69 bits per heavy atom. The normalized spacial score (nSPS) is 11.1. The van der Waals surface area contributed by atoms with Crippen molar-refractivity contribution < 1.29 is 19.1 Å². The summed E-state index contributed by atoms with van der Waals surface area (Å²) in [5.74, 6) is 0.100. The summed E-state index contributed by atoms with van der Waals surface area (Å²) >= 11 is 0. The SMILES string of the molecule is CCCCCCCCC(=O)N/N=C/c1ccc(OC(=O)/C=C/c2ccccc2)c(OC)c1. The molecule has 1 N–H and O–H groups in total. The molecular formula is C26H32N2O4. The standard InChI is InChI=1S/C26H32N2O4/c1-3-4-5-6-7-11-14-25(29)28-27-20-22-15-17-23(24(19-22)31-2)32-26(30)18-16-21-12-9-8-10-13-21/h8-10,12-13,15-20H,3-7,11,14H2,1-2H3,(H,28,29)/b18-16+,27-20+. The molecule has 0 heterocycles. The lowest BCUT2D eigenvalue weighted by atomic mass is 10.1. The van der Waals surface area contributed by atoms with E-state index >= 15 is 0 Å². The van der Waals surface area contributed by atoms with Crippen molar-refractivity contribution in [1.82, 2.24) is 5.43 Å². The minimum atomic E-state index is -0.504. The third kappa shape index (κ3) is 9.60. The predicted octanol–water partition coefficient (Wildman–Crippen LogP) is 5.51. The number of methoxy groups -OCH3 is 1. The molecular weight excluding hydrogens is 404 g/mol. The molecule has 0 aliphatic heterocycles. The first-order valence-electron chi connectivity index (χ1n) is 11.1. The first-order valence-corrected chi connectivity index (χ1v) is 11.1. The van der Waals surface area contributed by atoms with Gasteiger partial charge in [0.1, 0.15) is 0 Å². The van der Waals surface area contributed by atoms with Crippen molar-refractivity contribution in [2.24, 2.45) is 5.10 Å². The van der Waals surface area contributed by atoms with Crippen LogP contribution in [-0.2, 0) is 9.59 Å². The van der Waals surface area contributed by atoms with E-state index in [2.05, 4.69) is 17.5 Å². The zero-order valence-electron chi connectivity index (χ0n) is 18.9. The second-order valence-corrected chi connectivity index (χ2v) is 7.39. The van der Waals surface area contributed by atoms with E-state index in [0.717, 1.165) is 18.4 Å². The molecule has 170 valence electrons. The Morgan fingerprint density at radius 3 is 2.44 bits per heavy atom. The van der Waals surface area contributed by atoms with Gasteiger partial charge in [-0.25, -0.2) is 10.2 Å². The van der Waals surface area contributed by atoms with Crippen LogP contribution in [0.1, 0.15) is 63.0 Å². The molecule has 6 nitrogen and oxygen atoms in total. The number of carbonyl (C=O) groups excluding carboxylic acids is 2. The molecule has 6 heteroatoms. The van der Waals surface area contributed by atoms with Crippen LogP contribution in [-0.4, -0.2) is 25.2 Å². The van der Waals surface area contributed by atoms with Gasteiger partial charge >= 0.3 is 5.97 Å². The van der Waals surface area contributed by atoms with Crippen LogP contribution < -0.4 is 14.9 Å². The maximum Gasteiger partial charge on any atom is 0.336 e. The number of ether oxygens (including phenoxy) is 2. The Morgan fingerprint density at radius 1 is 0.938 bits per heavy atom. The fraction of sp³-hybridized carbons (Fsp3) is 0.346. The smallest absolute Gasteiger partial charge is 0.336 e. The molecule has 32 heavy (non-hydrogen) atoms. The predicted molar refractivity (Wildman–Crippen MR) is 128 cm³/mol. The van der Waals surface area contributed by atoms with Crippen molar-refractivity contribution in [1.29, 1.82) is 0 Å². The van der Waals surface area contributed by atoms with Crippen molar-refractivity contribution in [3.8, 4) is 11.5 Å². The van der Waals surface area contributed by atoms with Crippen LogP contribution in [0.2, 0.25) is 0 Å². The molecule has 2 rings (SSSR count). The van der Waals surface area contributed by atoms with Gasteiger partial charge in [-0.15, -0.1) is 0 Å². The molecule has 0 bridgehead atoms. The maximum absolute atomic E-state index is 12.1. The summed E-state index contributed by atoms with van der Waals surface area (Å²) in [6.07, 6.45) is 11.9. The lowest BCUT2D eigenvalue weighted by Crippen LogP contribution is -2.16. The number of esters is 1. The minimum absolute atomic E-state index is 0.0977. The summed E-state index contributed by atoms with van der Waals surface area (Å²) in [6, 6.07) is 14.5. The van der Waals surface area contributed by atoms with E-state index in [-0.39, 0.29) is 5.91 Å². The Labute approximate surface area is 190 Å². The quantitative estimate of drug-likeness (QED) is 0.112. The number of hydrazone groups is 1. The molecule has 0 radical (unpaired) electrons. The number of amides is 1. The number of benzene rings is 2. The number of nitrogens with one attached hydrogen (secondary N) is 1. The van der Waals surface area contributed by atoms with Gasteiger partial charge in [0, 0.05) is 12.5 Å². The zero-order valence-corrected chi connectivity index (χ0v) is 18.9. The van der Waals surface area contributed by atoms with E-state index < -0.39 is 5.97 Å². The van der Waals surface area contributed by atoms with Crippen LogP contribution in [0.4, 0.5) is 0 Å². The molecule has 0 spiro atoms. The highest BCUT2D eigenvalue weighted by molar-refractivity contribution is 5.89. The van der Waals surface area contributed by atoms with E-state index in [0.29, 0.717) is 23.5 Å². The molecule has 1 amide bonds. The summed E-state index contributed by atoms with van der Waals surface area (Å²) in [7, 11) is 1.50. The van der Waals surface area contributed by atoms with Crippen LogP contribution in [0, 0.1) is 0 Å². The van der Waals surface area contributed by atoms with E-state index in [1.165, 1.54) is 45.1 Å². The number of nitrogens with zero attached hydrogens (tertiary/aromatic N) is 1. The second-order valence-electron chi connectivity index (χ2n) is 7.39.